The van der Waals surface area contributed by atoms with E-state index in [9.17, 15) is 18.8 Å². The monoisotopic (exact) mass is 358 g/mol. The van der Waals surface area contributed by atoms with Crippen LogP contribution >= 0.6 is 0 Å². The minimum Gasteiger partial charge on any atom is -0.326 e. The van der Waals surface area contributed by atoms with Gasteiger partial charge in [-0.2, -0.15) is 0 Å². The lowest BCUT2D eigenvalue weighted by Crippen LogP contribution is -2.37. The Kier molecular flexibility index (Phi) is 5.49. The Balaban J connectivity index is 1.70. The highest BCUT2D eigenvalue weighted by molar-refractivity contribution is 6.00. The molecule has 0 spiro atoms. The molecule has 138 valence electrons. The summed E-state index contributed by atoms with van der Waals surface area (Å²) in [6.45, 7) is 3.33. The maximum absolute atomic E-state index is 13.8. The van der Waals surface area contributed by atoms with Gasteiger partial charge in [0.05, 0.1) is 5.69 Å². The second kappa shape index (κ2) is 7.81. The van der Waals surface area contributed by atoms with Gasteiger partial charge in [-0.15, -0.1) is 0 Å². The first kappa shape index (κ1) is 18.3. The van der Waals surface area contributed by atoms with Crippen LogP contribution in [0.5, 0.6) is 0 Å². The first-order chi connectivity index (χ1) is 12.5. The molecule has 0 radical (unpaired) electrons. The highest BCUT2D eigenvalue weighted by Crippen LogP contribution is 2.39. The number of halogens is 1. The van der Waals surface area contributed by atoms with Crippen LogP contribution in [0.25, 0.3) is 0 Å². The second-order valence-electron chi connectivity index (χ2n) is 7.13. The van der Waals surface area contributed by atoms with Gasteiger partial charge in [0, 0.05) is 23.4 Å². The fourth-order valence-electron chi connectivity index (χ4n) is 3.99. The quantitative estimate of drug-likeness (QED) is 0.807. The second-order valence-corrected chi connectivity index (χ2v) is 7.13. The van der Waals surface area contributed by atoms with Crippen molar-refractivity contribution in [2.75, 3.05) is 10.6 Å². The van der Waals surface area contributed by atoms with Gasteiger partial charge in [0.1, 0.15) is 11.6 Å². The molecular weight excluding hydrogens is 335 g/mol. The first-order valence-electron chi connectivity index (χ1n) is 9.05. The molecule has 2 unspecified atom stereocenters. The minimum absolute atomic E-state index is 0.0114. The van der Waals surface area contributed by atoms with Gasteiger partial charge < -0.3 is 10.6 Å². The molecule has 2 fully saturated rings. The van der Waals surface area contributed by atoms with Crippen LogP contribution in [0.3, 0.4) is 0 Å². The van der Waals surface area contributed by atoms with Gasteiger partial charge in [0.15, 0.2) is 0 Å². The van der Waals surface area contributed by atoms with E-state index in [4.69, 9.17) is 0 Å². The van der Waals surface area contributed by atoms with Crippen molar-refractivity contribution in [2.45, 2.75) is 38.5 Å². The molecule has 2 saturated carbocycles. The number of fused-ring (bicyclic) bond motifs is 2. The van der Waals surface area contributed by atoms with E-state index in [1.807, 2.05) is 0 Å². The van der Waals surface area contributed by atoms with Crippen molar-refractivity contribution in [3.05, 3.63) is 36.7 Å². The van der Waals surface area contributed by atoms with Crippen LogP contribution in [0, 0.1) is 23.6 Å². The highest BCUT2D eigenvalue weighted by atomic mass is 19.1. The zero-order chi connectivity index (χ0) is 18.7. The molecule has 2 aliphatic carbocycles. The average molecular weight is 358 g/mol. The summed E-state index contributed by atoms with van der Waals surface area (Å²) in [5.74, 6) is -1.18. The molecule has 2 bridgehead atoms. The lowest BCUT2D eigenvalue weighted by atomic mass is 9.73. The Morgan fingerprint density at radius 2 is 1.77 bits per heavy atom. The number of rotatable bonds is 4. The van der Waals surface area contributed by atoms with Crippen molar-refractivity contribution in [1.29, 1.82) is 0 Å². The van der Waals surface area contributed by atoms with Gasteiger partial charge in [0.25, 0.3) is 0 Å². The molecule has 5 nitrogen and oxygen atoms in total. The fourth-order valence-corrected chi connectivity index (χ4v) is 3.99. The molecule has 1 aromatic carbocycles. The normalized spacial score (nSPS) is 25.1. The smallest absolute Gasteiger partial charge is 0.247 e. The standard InChI is InChI=1S/C20H23FN2O3/c1-2-18(24)23-17-11-15(7-8-16(17)21)22-20(26)14-9-12-5-3-4-6-13(10-14)19(12)25/h2,7-8,11-14H,1,3-6,9-10H2,(H,22,26)(H,23,24). The average Bonchev–Trinajstić information content (AvgIpc) is 2.72. The molecule has 2 aliphatic rings. The van der Waals surface area contributed by atoms with Gasteiger partial charge >= 0.3 is 0 Å². The van der Waals surface area contributed by atoms with E-state index in [0.717, 1.165) is 31.8 Å². The summed E-state index contributed by atoms with van der Waals surface area (Å²) in [5, 5.41) is 5.17. The topological polar surface area (TPSA) is 75.3 Å². The molecule has 26 heavy (non-hydrogen) atoms. The van der Waals surface area contributed by atoms with Crippen LogP contribution in [0.1, 0.15) is 38.5 Å². The summed E-state index contributed by atoms with van der Waals surface area (Å²) in [5.41, 5.74) is 0.399. The summed E-state index contributed by atoms with van der Waals surface area (Å²) in [6, 6.07) is 4.03. The third-order valence-corrected chi connectivity index (χ3v) is 5.35. The van der Waals surface area contributed by atoms with Crippen LogP contribution in [-0.4, -0.2) is 17.6 Å². The Hall–Kier alpha value is -2.50. The number of Topliss-reactive ketones (excluding diaryl/α,β-unsaturated/α-hetero) is 1. The summed E-state index contributed by atoms with van der Waals surface area (Å²) >= 11 is 0. The lowest BCUT2D eigenvalue weighted by Gasteiger charge is -2.31. The van der Waals surface area contributed by atoms with Crippen molar-refractivity contribution in [1.82, 2.24) is 0 Å². The molecule has 1 aromatic rings. The van der Waals surface area contributed by atoms with Gasteiger partial charge in [-0.25, -0.2) is 4.39 Å². The Morgan fingerprint density at radius 3 is 2.38 bits per heavy atom. The molecule has 0 aromatic heterocycles. The van der Waals surface area contributed by atoms with E-state index in [0.29, 0.717) is 24.3 Å². The van der Waals surface area contributed by atoms with E-state index < -0.39 is 11.7 Å². The highest BCUT2D eigenvalue weighted by Gasteiger charge is 2.39. The van der Waals surface area contributed by atoms with Crippen LogP contribution < -0.4 is 10.6 Å². The molecule has 0 saturated heterocycles. The van der Waals surface area contributed by atoms with Crippen molar-refractivity contribution in [2.24, 2.45) is 17.8 Å². The van der Waals surface area contributed by atoms with Crippen LogP contribution in [-0.2, 0) is 14.4 Å². The Bertz CT molecular complexity index is 729. The van der Waals surface area contributed by atoms with E-state index in [1.54, 1.807) is 0 Å². The zero-order valence-electron chi connectivity index (χ0n) is 14.6. The number of benzene rings is 1. The molecule has 2 amide bonds. The number of hydrogen-bond donors (Lipinski definition) is 2. The third kappa shape index (κ3) is 4.00. The summed E-state index contributed by atoms with van der Waals surface area (Å²) in [6.07, 6.45) is 6.05. The maximum Gasteiger partial charge on any atom is 0.247 e. The summed E-state index contributed by atoms with van der Waals surface area (Å²) < 4.78 is 13.8. The predicted octanol–water partition coefficient (Wildman–Crippen LogP) is 3.67. The Morgan fingerprint density at radius 1 is 1.12 bits per heavy atom. The van der Waals surface area contributed by atoms with Gasteiger partial charge in [-0.05, 0) is 50.0 Å². The summed E-state index contributed by atoms with van der Waals surface area (Å²) in [4.78, 5) is 36.4. The van der Waals surface area contributed by atoms with Crippen LogP contribution in [0.15, 0.2) is 30.9 Å². The first-order valence-corrected chi connectivity index (χ1v) is 9.05. The fraction of sp³-hybridized carbons (Fsp3) is 0.450. The molecule has 0 heterocycles. The number of hydrogen-bond acceptors (Lipinski definition) is 3. The van der Waals surface area contributed by atoms with Crippen molar-refractivity contribution >= 4 is 29.0 Å². The van der Waals surface area contributed by atoms with Gasteiger partial charge in [0.2, 0.25) is 11.8 Å². The van der Waals surface area contributed by atoms with E-state index >= 15 is 0 Å². The molecule has 0 aliphatic heterocycles. The number of nitrogens with one attached hydrogen (secondary N) is 2. The van der Waals surface area contributed by atoms with Crippen molar-refractivity contribution in [3.63, 3.8) is 0 Å². The van der Waals surface area contributed by atoms with E-state index in [2.05, 4.69) is 17.2 Å². The number of amides is 2. The predicted molar refractivity (Wildman–Crippen MR) is 97.0 cm³/mol. The zero-order valence-corrected chi connectivity index (χ0v) is 14.6. The number of carbonyl (C=O) groups is 3. The maximum atomic E-state index is 13.8. The van der Waals surface area contributed by atoms with E-state index in [-0.39, 0.29) is 29.3 Å². The Labute approximate surface area is 152 Å². The molecule has 3 rings (SSSR count). The molecule has 2 N–H and O–H groups in total. The lowest BCUT2D eigenvalue weighted by molar-refractivity contribution is -0.133. The molecular formula is C20H23FN2O3. The SMILES string of the molecule is C=CC(=O)Nc1cc(NC(=O)C2CC3CCCCC(C2)C3=O)ccc1F. The van der Waals surface area contributed by atoms with Gasteiger partial charge in [-0.1, -0.05) is 19.4 Å². The van der Waals surface area contributed by atoms with Crippen LogP contribution in [0.4, 0.5) is 15.8 Å². The van der Waals surface area contributed by atoms with Crippen molar-refractivity contribution < 1.29 is 18.8 Å². The van der Waals surface area contributed by atoms with Crippen LogP contribution in [0.2, 0.25) is 0 Å². The van der Waals surface area contributed by atoms with E-state index in [1.165, 1.54) is 18.2 Å². The molecule has 6 heteroatoms. The number of ketones is 1. The third-order valence-electron chi connectivity index (χ3n) is 5.35. The number of carbonyl (C=O) groups excluding carboxylic acids is 3. The summed E-state index contributed by atoms with van der Waals surface area (Å²) in [7, 11) is 0. The molecule has 2 atom stereocenters. The largest absolute Gasteiger partial charge is 0.326 e. The van der Waals surface area contributed by atoms with Crippen molar-refractivity contribution in [3.8, 4) is 0 Å². The number of anilines is 2. The van der Waals surface area contributed by atoms with Gasteiger partial charge in [-0.3, -0.25) is 14.4 Å². The minimum atomic E-state index is -0.590.